The Bertz CT molecular complexity index is 950. The summed E-state index contributed by atoms with van der Waals surface area (Å²) in [5.41, 5.74) is 3.64. The Morgan fingerprint density at radius 1 is 1.07 bits per heavy atom. The van der Waals surface area contributed by atoms with E-state index in [2.05, 4.69) is 35.5 Å². The van der Waals surface area contributed by atoms with Gasteiger partial charge in [0.05, 0.1) is 17.1 Å². The fraction of sp³-hybridized carbons (Fsp3) is 0.238. The molecular formula is C21H23Cl3N4. The molecule has 0 saturated carbocycles. The number of nitrogens with one attached hydrogen (secondary N) is 2. The van der Waals surface area contributed by atoms with Gasteiger partial charge in [-0.15, -0.1) is 24.8 Å². The first kappa shape index (κ1) is 24.0. The average Bonchev–Trinajstić information content (AvgIpc) is 2.65. The maximum absolute atomic E-state index is 8.87. The number of halogens is 3. The molecule has 0 bridgehead atoms. The van der Waals surface area contributed by atoms with Gasteiger partial charge in [-0.2, -0.15) is 5.26 Å². The van der Waals surface area contributed by atoms with Gasteiger partial charge in [0.15, 0.2) is 0 Å². The highest BCUT2D eigenvalue weighted by Gasteiger charge is 2.17. The van der Waals surface area contributed by atoms with Gasteiger partial charge >= 0.3 is 0 Å². The molecule has 0 aliphatic heterocycles. The van der Waals surface area contributed by atoms with Crippen LogP contribution in [0.2, 0.25) is 5.02 Å². The van der Waals surface area contributed by atoms with Gasteiger partial charge in [0.25, 0.3) is 0 Å². The highest BCUT2D eigenvalue weighted by Crippen LogP contribution is 2.24. The van der Waals surface area contributed by atoms with Crippen molar-refractivity contribution in [2.24, 2.45) is 0 Å². The van der Waals surface area contributed by atoms with Crippen molar-refractivity contribution in [1.29, 1.82) is 5.26 Å². The lowest BCUT2D eigenvalue weighted by atomic mass is 10.0. The normalized spacial score (nSPS) is 10.5. The summed E-state index contributed by atoms with van der Waals surface area (Å²) >= 11 is 6.05. The quantitative estimate of drug-likeness (QED) is 0.528. The SMILES string of the molecule is CC(C)(CNc1ccnc2cc(Cl)ccc12)NCc1ccc(C#N)cc1.Cl.Cl. The first-order valence-electron chi connectivity index (χ1n) is 8.49. The minimum atomic E-state index is -0.115. The lowest BCUT2D eigenvalue weighted by Crippen LogP contribution is -2.44. The first-order valence-corrected chi connectivity index (χ1v) is 8.87. The molecular weight excluding hydrogens is 415 g/mol. The van der Waals surface area contributed by atoms with Crippen molar-refractivity contribution in [2.75, 3.05) is 11.9 Å². The van der Waals surface area contributed by atoms with Crippen LogP contribution >= 0.6 is 36.4 Å². The fourth-order valence-electron chi connectivity index (χ4n) is 2.69. The van der Waals surface area contributed by atoms with Crippen LogP contribution in [0.3, 0.4) is 0 Å². The molecule has 0 fully saturated rings. The molecule has 7 heteroatoms. The van der Waals surface area contributed by atoms with Crippen molar-refractivity contribution in [3.05, 3.63) is 70.9 Å². The number of nitrogens with zero attached hydrogens (tertiary/aromatic N) is 2. The molecule has 1 heterocycles. The van der Waals surface area contributed by atoms with Gasteiger partial charge in [-0.1, -0.05) is 23.7 Å². The van der Waals surface area contributed by atoms with E-state index in [1.165, 1.54) is 0 Å². The Morgan fingerprint density at radius 3 is 2.46 bits per heavy atom. The largest absolute Gasteiger partial charge is 0.383 e. The van der Waals surface area contributed by atoms with Crippen LogP contribution in [-0.2, 0) is 6.54 Å². The molecule has 0 atom stereocenters. The molecule has 2 N–H and O–H groups in total. The molecule has 0 amide bonds. The van der Waals surface area contributed by atoms with Gasteiger partial charge in [-0.3, -0.25) is 4.98 Å². The lowest BCUT2D eigenvalue weighted by molar-refractivity contribution is 0.407. The van der Waals surface area contributed by atoms with E-state index in [4.69, 9.17) is 16.9 Å². The Hall–Kier alpha value is -2.03. The Balaban J connectivity index is 0.00000196. The van der Waals surface area contributed by atoms with E-state index in [0.717, 1.165) is 35.2 Å². The number of pyridine rings is 1. The third-order valence-corrected chi connectivity index (χ3v) is 4.51. The van der Waals surface area contributed by atoms with Crippen LogP contribution in [0, 0.1) is 11.3 Å². The van der Waals surface area contributed by atoms with Crippen molar-refractivity contribution >= 4 is 53.0 Å². The summed E-state index contributed by atoms with van der Waals surface area (Å²) in [5, 5.41) is 17.7. The van der Waals surface area contributed by atoms with E-state index < -0.39 is 0 Å². The second kappa shape index (κ2) is 10.5. The zero-order valence-corrected chi connectivity index (χ0v) is 18.1. The summed E-state index contributed by atoms with van der Waals surface area (Å²) in [7, 11) is 0. The minimum absolute atomic E-state index is 0. The number of hydrogen-bond acceptors (Lipinski definition) is 4. The monoisotopic (exact) mass is 436 g/mol. The van der Waals surface area contributed by atoms with E-state index in [9.17, 15) is 0 Å². The standard InChI is InChI=1S/C21H21ClN4.2ClH/c1-21(2,26-13-16-5-3-15(12-23)4-6-16)14-25-19-9-10-24-20-11-17(22)7-8-18(19)20;;/h3-11,26H,13-14H2,1-2H3,(H,24,25);2*1H. The number of anilines is 1. The number of rotatable bonds is 6. The maximum Gasteiger partial charge on any atom is 0.0991 e. The molecule has 0 aliphatic rings. The number of hydrogen-bond donors (Lipinski definition) is 2. The number of aromatic nitrogens is 1. The second-order valence-electron chi connectivity index (χ2n) is 6.92. The molecule has 0 saturated heterocycles. The predicted octanol–water partition coefficient (Wildman–Crippen LogP) is 5.58. The van der Waals surface area contributed by atoms with Crippen LogP contribution in [0.15, 0.2) is 54.7 Å². The molecule has 3 aromatic rings. The molecule has 0 unspecified atom stereocenters. The van der Waals surface area contributed by atoms with Crippen LogP contribution in [0.25, 0.3) is 10.9 Å². The minimum Gasteiger partial charge on any atom is -0.383 e. The fourth-order valence-corrected chi connectivity index (χ4v) is 2.86. The summed E-state index contributed by atoms with van der Waals surface area (Å²) in [4.78, 5) is 4.37. The highest BCUT2D eigenvalue weighted by atomic mass is 35.5. The summed E-state index contributed by atoms with van der Waals surface area (Å²) in [6, 6.07) is 17.5. The molecule has 1 aromatic heterocycles. The summed E-state index contributed by atoms with van der Waals surface area (Å²) in [6.45, 7) is 5.81. The van der Waals surface area contributed by atoms with Crippen molar-refractivity contribution in [3.63, 3.8) is 0 Å². The van der Waals surface area contributed by atoms with Gasteiger partial charge in [-0.05, 0) is 55.8 Å². The summed E-state index contributed by atoms with van der Waals surface area (Å²) in [6.07, 6.45) is 1.79. The van der Waals surface area contributed by atoms with Crippen LogP contribution in [-0.4, -0.2) is 17.1 Å². The van der Waals surface area contributed by atoms with Gasteiger partial charge in [0.1, 0.15) is 0 Å². The Labute approximate surface area is 183 Å². The molecule has 28 heavy (non-hydrogen) atoms. The van der Waals surface area contributed by atoms with Gasteiger partial charge in [0, 0.05) is 40.9 Å². The highest BCUT2D eigenvalue weighted by molar-refractivity contribution is 6.31. The third-order valence-electron chi connectivity index (χ3n) is 4.28. The zero-order chi connectivity index (χ0) is 18.6. The Kier molecular flexibility index (Phi) is 9.00. The molecule has 0 spiro atoms. The van der Waals surface area contributed by atoms with E-state index in [1.54, 1.807) is 6.20 Å². The second-order valence-corrected chi connectivity index (χ2v) is 7.36. The van der Waals surface area contributed by atoms with E-state index in [-0.39, 0.29) is 30.4 Å². The lowest BCUT2D eigenvalue weighted by Gasteiger charge is -2.27. The number of benzene rings is 2. The molecule has 0 aliphatic carbocycles. The third kappa shape index (κ3) is 6.25. The topological polar surface area (TPSA) is 60.7 Å². The molecule has 4 nitrogen and oxygen atoms in total. The predicted molar refractivity (Wildman–Crippen MR) is 122 cm³/mol. The summed E-state index contributed by atoms with van der Waals surface area (Å²) < 4.78 is 0. The first-order chi connectivity index (χ1) is 12.5. The maximum atomic E-state index is 8.87. The van der Waals surface area contributed by atoms with Crippen LogP contribution in [0.5, 0.6) is 0 Å². The number of fused-ring (bicyclic) bond motifs is 1. The van der Waals surface area contributed by atoms with Gasteiger partial charge in [0.2, 0.25) is 0 Å². The zero-order valence-electron chi connectivity index (χ0n) is 15.7. The number of nitriles is 1. The van der Waals surface area contributed by atoms with Crippen molar-refractivity contribution in [3.8, 4) is 6.07 Å². The average molecular weight is 438 g/mol. The molecule has 148 valence electrons. The van der Waals surface area contributed by atoms with Crippen molar-refractivity contribution in [2.45, 2.75) is 25.9 Å². The van der Waals surface area contributed by atoms with Crippen LogP contribution in [0.1, 0.15) is 25.0 Å². The van der Waals surface area contributed by atoms with E-state index >= 15 is 0 Å². The van der Waals surface area contributed by atoms with Crippen LogP contribution < -0.4 is 10.6 Å². The molecule has 2 aromatic carbocycles. The smallest absolute Gasteiger partial charge is 0.0991 e. The molecule has 3 rings (SSSR count). The molecule has 0 radical (unpaired) electrons. The van der Waals surface area contributed by atoms with Crippen molar-refractivity contribution in [1.82, 2.24) is 10.3 Å². The van der Waals surface area contributed by atoms with E-state index in [0.29, 0.717) is 10.6 Å². The van der Waals surface area contributed by atoms with Crippen LogP contribution in [0.4, 0.5) is 5.69 Å². The van der Waals surface area contributed by atoms with Crippen molar-refractivity contribution < 1.29 is 0 Å². The summed E-state index contributed by atoms with van der Waals surface area (Å²) in [5.74, 6) is 0. The van der Waals surface area contributed by atoms with Gasteiger partial charge < -0.3 is 10.6 Å². The Morgan fingerprint density at radius 2 is 1.79 bits per heavy atom. The van der Waals surface area contributed by atoms with Gasteiger partial charge in [-0.25, -0.2) is 0 Å². The van der Waals surface area contributed by atoms with E-state index in [1.807, 2.05) is 48.5 Å².